The van der Waals surface area contributed by atoms with E-state index in [1.807, 2.05) is 60.2 Å². The maximum atomic E-state index is 12.7. The van der Waals surface area contributed by atoms with Crippen LogP contribution in [-0.2, 0) is 4.79 Å². The molecule has 0 atom stereocenters. The van der Waals surface area contributed by atoms with Gasteiger partial charge >= 0.3 is 0 Å². The van der Waals surface area contributed by atoms with Crippen molar-refractivity contribution in [3.63, 3.8) is 0 Å². The van der Waals surface area contributed by atoms with Crippen molar-refractivity contribution in [2.75, 3.05) is 11.1 Å². The Morgan fingerprint density at radius 2 is 2.00 bits per heavy atom. The molecule has 0 saturated carbocycles. The van der Waals surface area contributed by atoms with Crippen molar-refractivity contribution in [2.24, 2.45) is 0 Å². The van der Waals surface area contributed by atoms with Gasteiger partial charge in [0, 0.05) is 33.4 Å². The molecule has 172 valence electrons. The topological polar surface area (TPSA) is 99.4 Å². The molecule has 7 nitrogen and oxygen atoms in total. The number of carbonyl (C=O) groups is 1. The van der Waals surface area contributed by atoms with Gasteiger partial charge < -0.3 is 10.3 Å². The Morgan fingerprint density at radius 3 is 2.83 bits per heavy atom. The first-order valence-corrected chi connectivity index (χ1v) is 12.1. The van der Waals surface area contributed by atoms with Gasteiger partial charge in [-0.15, -0.1) is 10.2 Å². The van der Waals surface area contributed by atoms with Gasteiger partial charge in [-0.05, 0) is 48.9 Å². The van der Waals surface area contributed by atoms with E-state index < -0.39 is 0 Å². The van der Waals surface area contributed by atoms with Crippen LogP contribution < -0.4 is 5.32 Å². The van der Waals surface area contributed by atoms with Crippen molar-refractivity contribution >= 4 is 45.9 Å². The molecule has 1 amide bonds. The lowest BCUT2D eigenvalue weighted by molar-refractivity contribution is -0.113. The van der Waals surface area contributed by atoms with Crippen molar-refractivity contribution in [1.29, 1.82) is 5.26 Å². The number of halogens is 1. The zero-order valence-corrected chi connectivity index (χ0v) is 20.2. The van der Waals surface area contributed by atoms with E-state index in [2.05, 4.69) is 32.6 Å². The van der Waals surface area contributed by atoms with Crippen LogP contribution in [0.3, 0.4) is 0 Å². The van der Waals surface area contributed by atoms with Gasteiger partial charge in [-0.25, -0.2) is 0 Å². The molecule has 0 bridgehead atoms. The minimum absolute atomic E-state index is 0.0786. The highest BCUT2D eigenvalue weighted by molar-refractivity contribution is 7.99. The van der Waals surface area contributed by atoms with Crippen LogP contribution >= 0.6 is 23.4 Å². The van der Waals surface area contributed by atoms with Gasteiger partial charge in [0.15, 0.2) is 11.0 Å². The maximum Gasteiger partial charge on any atom is 0.234 e. The molecule has 0 fully saturated rings. The molecule has 0 aliphatic rings. The van der Waals surface area contributed by atoms with Gasteiger partial charge in [-0.1, -0.05) is 53.7 Å². The summed E-state index contributed by atoms with van der Waals surface area (Å²) in [6, 6.07) is 22.9. The number of benzene rings is 3. The monoisotopic (exact) mass is 498 g/mol. The zero-order chi connectivity index (χ0) is 24.4. The Morgan fingerprint density at radius 1 is 1.14 bits per heavy atom. The molecule has 2 N–H and O–H groups in total. The number of para-hydroxylation sites is 1. The number of nitrogens with one attached hydrogen (secondary N) is 2. The molecule has 35 heavy (non-hydrogen) atoms. The molecule has 2 aromatic heterocycles. The Hall–Kier alpha value is -4.06. The van der Waals surface area contributed by atoms with E-state index in [0.29, 0.717) is 27.3 Å². The molecule has 0 spiro atoms. The van der Waals surface area contributed by atoms with Crippen molar-refractivity contribution in [1.82, 2.24) is 19.7 Å². The lowest BCUT2D eigenvalue weighted by atomic mass is 10.1. The molecular weight excluding hydrogens is 480 g/mol. The molecule has 3 aromatic carbocycles. The first kappa shape index (κ1) is 22.7. The fraction of sp³-hybridized carbons (Fsp3) is 0.0769. The lowest BCUT2D eigenvalue weighted by Gasteiger charge is -2.11. The molecule has 9 heteroatoms. The summed E-state index contributed by atoms with van der Waals surface area (Å²) in [6.45, 7) is 2.03. The van der Waals surface area contributed by atoms with Crippen molar-refractivity contribution < 1.29 is 4.79 Å². The number of nitrogens with zero attached hydrogens (tertiary/aromatic N) is 4. The SMILES string of the molecule is Cc1cccc(-n2c(SCC(=O)Nc3cc(Cl)ccc3C#N)nnc2-c2c[nH]c3ccccc23)c1. The predicted molar refractivity (Wildman–Crippen MR) is 139 cm³/mol. The number of nitriles is 1. The Bertz CT molecular complexity index is 1600. The van der Waals surface area contributed by atoms with Crippen LogP contribution in [0.1, 0.15) is 11.1 Å². The number of aromatic amines is 1. The maximum absolute atomic E-state index is 12.7. The Kier molecular flexibility index (Phi) is 6.27. The second-order valence-electron chi connectivity index (χ2n) is 7.87. The summed E-state index contributed by atoms with van der Waals surface area (Å²) >= 11 is 7.30. The molecule has 2 heterocycles. The lowest BCUT2D eigenvalue weighted by Crippen LogP contribution is -2.15. The number of amides is 1. The first-order chi connectivity index (χ1) is 17.0. The highest BCUT2D eigenvalue weighted by Crippen LogP contribution is 2.32. The number of anilines is 1. The molecule has 0 saturated heterocycles. The number of thioether (sulfide) groups is 1. The zero-order valence-electron chi connectivity index (χ0n) is 18.6. The third-order valence-corrected chi connectivity index (χ3v) is 6.60. The standard InChI is InChI=1S/C26H19ClN6OS/c1-16-5-4-6-19(11-16)33-25(21-14-29-22-8-3-2-7-20(21)22)31-32-26(33)35-15-24(34)30-23-12-18(27)10-9-17(23)13-28/h2-12,14,29H,15H2,1H3,(H,30,34). The second kappa shape index (κ2) is 9.66. The molecule has 0 aliphatic heterocycles. The highest BCUT2D eigenvalue weighted by Gasteiger charge is 2.20. The molecule has 0 radical (unpaired) electrons. The largest absolute Gasteiger partial charge is 0.360 e. The molecule has 0 aliphatic carbocycles. The molecule has 0 unspecified atom stereocenters. The fourth-order valence-corrected chi connectivity index (χ4v) is 4.75. The average molecular weight is 499 g/mol. The van der Waals surface area contributed by atoms with Gasteiger partial charge in [0.2, 0.25) is 5.91 Å². The smallest absolute Gasteiger partial charge is 0.234 e. The summed E-state index contributed by atoms with van der Waals surface area (Å²) in [5.41, 5.74) is 4.65. The number of aromatic nitrogens is 4. The number of aryl methyl sites for hydroxylation is 1. The van der Waals surface area contributed by atoms with Crippen LogP contribution in [0, 0.1) is 18.3 Å². The van der Waals surface area contributed by atoms with Crippen LogP contribution in [-0.4, -0.2) is 31.4 Å². The van der Waals surface area contributed by atoms with Crippen LogP contribution in [0.2, 0.25) is 5.02 Å². The van der Waals surface area contributed by atoms with E-state index in [-0.39, 0.29) is 11.7 Å². The van der Waals surface area contributed by atoms with E-state index >= 15 is 0 Å². The number of hydrogen-bond acceptors (Lipinski definition) is 5. The van der Waals surface area contributed by atoms with Gasteiger partial charge in [-0.2, -0.15) is 5.26 Å². The molecule has 5 aromatic rings. The number of rotatable bonds is 6. The van der Waals surface area contributed by atoms with Crippen LogP contribution in [0.25, 0.3) is 28.0 Å². The summed E-state index contributed by atoms with van der Waals surface area (Å²) < 4.78 is 1.96. The first-order valence-electron chi connectivity index (χ1n) is 10.7. The molecular formula is C26H19ClN6OS. The number of H-pyrrole nitrogens is 1. The Labute approximate surface area is 210 Å². The van der Waals surface area contributed by atoms with E-state index in [1.165, 1.54) is 11.8 Å². The second-order valence-corrected chi connectivity index (χ2v) is 9.25. The van der Waals surface area contributed by atoms with Gasteiger partial charge in [-0.3, -0.25) is 9.36 Å². The van der Waals surface area contributed by atoms with E-state index in [4.69, 9.17) is 11.6 Å². The van der Waals surface area contributed by atoms with Crippen molar-refractivity contribution in [3.8, 4) is 23.1 Å². The van der Waals surface area contributed by atoms with Crippen LogP contribution in [0.5, 0.6) is 0 Å². The number of carbonyl (C=O) groups excluding carboxylic acids is 1. The summed E-state index contributed by atoms with van der Waals surface area (Å²) in [7, 11) is 0. The van der Waals surface area contributed by atoms with Crippen LogP contribution in [0.15, 0.2) is 78.1 Å². The van der Waals surface area contributed by atoms with E-state index in [9.17, 15) is 10.1 Å². The summed E-state index contributed by atoms with van der Waals surface area (Å²) in [5, 5.41) is 23.1. The van der Waals surface area contributed by atoms with Crippen LogP contribution in [0.4, 0.5) is 5.69 Å². The number of hydrogen-bond donors (Lipinski definition) is 2. The quantitative estimate of drug-likeness (QED) is 0.280. The normalized spacial score (nSPS) is 10.9. The summed E-state index contributed by atoms with van der Waals surface area (Å²) in [4.78, 5) is 16.0. The van der Waals surface area contributed by atoms with Gasteiger partial charge in [0.05, 0.1) is 17.0 Å². The third-order valence-electron chi connectivity index (χ3n) is 5.43. The third kappa shape index (κ3) is 4.64. The minimum atomic E-state index is -0.277. The molecule has 5 rings (SSSR count). The fourth-order valence-electron chi connectivity index (χ4n) is 3.83. The van der Waals surface area contributed by atoms with Crippen molar-refractivity contribution in [2.45, 2.75) is 12.1 Å². The minimum Gasteiger partial charge on any atom is -0.360 e. The summed E-state index contributed by atoms with van der Waals surface area (Å²) in [5.74, 6) is 0.480. The van der Waals surface area contributed by atoms with Crippen molar-refractivity contribution in [3.05, 3.63) is 89.1 Å². The van der Waals surface area contributed by atoms with E-state index in [1.54, 1.807) is 18.2 Å². The highest BCUT2D eigenvalue weighted by atomic mass is 35.5. The summed E-state index contributed by atoms with van der Waals surface area (Å²) in [6.07, 6.45) is 1.92. The average Bonchev–Trinajstić information content (AvgIpc) is 3.47. The van der Waals surface area contributed by atoms with E-state index in [0.717, 1.165) is 27.7 Å². The predicted octanol–water partition coefficient (Wildman–Crippen LogP) is 5.98. The van der Waals surface area contributed by atoms with Gasteiger partial charge in [0.1, 0.15) is 6.07 Å². The number of fused-ring (bicyclic) bond motifs is 1. The Balaban J connectivity index is 1.47. The van der Waals surface area contributed by atoms with Gasteiger partial charge in [0.25, 0.3) is 0 Å².